The zero-order valence-electron chi connectivity index (χ0n) is 14.8. The lowest BCUT2D eigenvalue weighted by molar-refractivity contribution is 0.297. The Bertz CT molecular complexity index is 778. The highest BCUT2D eigenvalue weighted by Gasteiger charge is 2.21. The Kier molecular flexibility index (Phi) is 6.38. The first-order valence-corrected chi connectivity index (χ1v) is 9.65. The molecule has 1 aromatic carbocycles. The topological polar surface area (TPSA) is 31.2 Å². The van der Waals surface area contributed by atoms with Gasteiger partial charge in [0.2, 0.25) is 0 Å². The van der Waals surface area contributed by atoms with E-state index in [-0.39, 0.29) is 16.9 Å². The molecule has 0 aliphatic heterocycles. The van der Waals surface area contributed by atoms with Crippen LogP contribution in [0.3, 0.4) is 0 Å². The van der Waals surface area contributed by atoms with E-state index >= 15 is 0 Å². The number of nitrogens with zero attached hydrogens (tertiary/aromatic N) is 1. The molecule has 0 unspecified atom stereocenters. The molecule has 0 aliphatic carbocycles. The third-order valence-corrected chi connectivity index (χ3v) is 4.54. The van der Waals surface area contributed by atoms with Crippen LogP contribution in [0.25, 0.3) is 10.8 Å². The second-order valence-electron chi connectivity index (χ2n) is 7.25. The SMILES string of the molecule is CCCCOc1c(CCl)n(CC(C)(C)C)c(=O)c2ccc(Br)cc12. The summed E-state index contributed by atoms with van der Waals surface area (Å²) in [6, 6.07) is 5.68. The van der Waals surface area contributed by atoms with E-state index in [1.807, 2.05) is 18.2 Å². The molecule has 0 spiro atoms. The van der Waals surface area contributed by atoms with Gasteiger partial charge in [-0.25, -0.2) is 0 Å². The van der Waals surface area contributed by atoms with Crippen LogP contribution in [-0.4, -0.2) is 11.2 Å². The molecule has 0 fully saturated rings. The van der Waals surface area contributed by atoms with Gasteiger partial charge in [0.15, 0.2) is 0 Å². The van der Waals surface area contributed by atoms with Crippen molar-refractivity contribution in [3.63, 3.8) is 0 Å². The molecule has 2 aromatic rings. The third-order valence-electron chi connectivity index (χ3n) is 3.79. The summed E-state index contributed by atoms with van der Waals surface area (Å²) in [5.41, 5.74) is 0.721. The molecule has 24 heavy (non-hydrogen) atoms. The molecule has 0 radical (unpaired) electrons. The summed E-state index contributed by atoms with van der Waals surface area (Å²) in [6.45, 7) is 9.68. The zero-order chi connectivity index (χ0) is 17.9. The van der Waals surface area contributed by atoms with E-state index in [4.69, 9.17) is 16.3 Å². The summed E-state index contributed by atoms with van der Waals surface area (Å²) in [5.74, 6) is 0.980. The first-order chi connectivity index (χ1) is 11.3. The van der Waals surface area contributed by atoms with Gasteiger partial charge < -0.3 is 9.30 Å². The summed E-state index contributed by atoms with van der Waals surface area (Å²) in [7, 11) is 0. The van der Waals surface area contributed by atoms with Crippen LogP contribution in [0.2, 0.25) is 0 Å². The van der Waals surface area contributed by atoms with E-state index in [2.05, 4.69) is 43.6 Å². The highest BCUT2D eigenvalue weighted by atomic mass is 79.9. The fraction of sp³-hybridized carbons (Fsp3) is 0.526. The summed E-state index contributed by atoms with van der Waals surface area (Å²) in [5, 5.41) is 1.49. The molecule has 0 saturated heterocycles. The maximum absolute atomic E-state index is 13.0. The number of hydrogen-bond donors (Lipinski definition) is 0. The van der Waals surface area contributed by atoms with E-state index < -0.39 is 0 Å². The van der Waals surface area contributed by atoms with Crippen molar-refractivity contribution >= 4 is 38.3 Å². The number of halogens is 2. The Balaban J connectivity index is 2.74. The molecule has 0 N–H and O–H groups in total. The van der Waals surface area contributed by atoms with Crippen LogP contribution < -0.4 is 10.3 Å². The van der Waals surface area contributed by atoms with Crippen molar-refractivity contribution in [3.05, 3.63) is 38.7 Å². The average Bonchev–Trinajstić information content (AvgIpc) is 2.50. The monoisotopic (exact) mass is 413 g/mol. The minimum atomic E-state index is -0.0334. The molecule has 1 aromatic heterocycles. The fourth-order valence-corrected chi connectivity index (χ4v) is 3.32. The number of alkyl halides is 1. The van der Waals surface area contributed by atoms with E-state index in [0.717, 1.165) is 34.1 Å². The highest BCUT2D eigenvalue weighted by molar-refractivity contribution is 9.10. The van der Waals surface area contributed by atoms with Crippen LogP contribution in [-0.2, 0) is 12.4 Å². The van der Waals surface area contributed by atoms with Gasteiger partial charge in [-0.2, -0.15) is 0 Å². The molecule has 0 bridgehead atoms. The fourth-order valence-electron chi connectivity index (χ4n) is 2.69. The van der Waals surface area contributed by atoms with Gasteiger partial charge >= 0.3 is 0 Å². The third kappa shape index (κ3) is 4.34. The molecule has 2 rings (SSSR count). The summed E-state index contributed by atoms with van der Waals surface area (Å²) in [6.07, 6.45) is 2.02. The maximum atomic E-state index is 13.0. The van der Waals surface area contributed by atoms with Crippen molar-refractivity contribution in [2.45, 2.75) is 53.0 Å². The molecular weight excluding hydrogens is 390 g/mol. The average molecular weight is 415 g/mol. The van der Waals surface area contributed by atoms with E-state index in [1.54, 1.807) is 4.57 Å². The van der Waals surface area contributed by atoms with Crippen molar-refractivity contribution in [2.24, 2.45) is 5.41 Å². The van der Waals surface area contributed by atoms with Gasteiger partial charge in [-0.3, -0.25) is 4.79 Å². The Morgan fingerprint density at radius 1 is 1.25 bits per heavy atom. The van der Waals surface area contributed by atoms with Crippen LogP contribution >= 0.6 is 27.5 Å². The first kappa shape index (κ1) is 19.3. The van der Waals surface area contributed by atoms with Crippen LogP contribution in [0.4, 0.5) is 0 Å². The number of ether oxygens (including phenoxy) is 1. The van der Waals surface area contributed by atoms with Crippen LogP contribution in [0.1, 0.15) is 46.2 Å². The highest BCUT2D eigenvalue weighted by Crippen LogP contribution is 2.32. The Hall–Kier alpha value is -1.000. The van der Waals surface area contributed by atoms with Crippen molar-refractivity contribution in [1.82, 2.24) is 4.57 Å². The van der Waals surface area contributed by atoms with Crippen molar-refractivity contribution < 1.29 is 4.74 Å². The molecule has 0 amide bonds. The Morgan fingerprint density at radius 2 is 1.96 bits per heavy atom. The van der Waals surface area contributed by atoms with Gasteiger partial charge in [-0.1, -0.05) is 50.0 Å². The van der Waals surface area contributed by atoms with Crippen molar-refractivity contribution in [1.29, 1.82) is 0 Å². The molecule has 1 heterocycles. The van der Waals surface area contributed by atoms with E-state index in [1.165, 1.54) is 0 Å². The van der Waals surface area contributed by atoms with Gasteiger partial charge in [0.1, 0.15) is 5.75 Å². The second-order valence-corrected chi connectivity index (χ2v) is 8.44. The van der Waals surface area contributed by atoms with Gasteiger partial charge in [-0.15, -0.1) is 11.6 Å². The number of benzene rings is 1. The lowest BCUT2D eigenvalue weighted by atomic mass is 9.96. The molecular formula is C19H25BrClNO2. The molecule has 5 heteroatoms. The van der Waals surface area contributed by atoms with Crippen molar-refractivity contribution in [3.8, 4) is 5.75 Å². The van der Waals surface area contributed by atoms with Gasteiger partial charge in [0, 0.05) is 16.4 Å². The van der Waals surface area contributed by atoms with Crippen molar-refractivity contribution in [2.75, 3.05) is 6.61 Å². The molecule has 132 valence electrons. The zero-order valence-corrected chi connectivity index (χ0v) is 17.1. The molecule has 0 atom stereocenters. The van der Waals surface area contributed by atoms with Gasteiger partial charge in [-0.05, 0) is 30.0 Å². The summed E-state index contributed by atoms with van der Waals surface area (Å²) in [4.78, 5) is 13.0. The van der Waals surface area contributed by atoms with E-state index in [0.29, 0.717) is 18.5 Å². The lowest BCUT2D eigenvalue weighted by Gasteiger charge is -2.24. The number of rotatable bonds is 6. The number of fused-ring (bicyclic) bond motifs is 1. The summed E-state index contributed by atoms with van der Waals surface area (Å²) >= 11 is 9.73. The minimum Gasteiger partial charge on any atom is -0.491 e. The molecule has 3 nitrogen and oxygen atoms in total. The number of aromatic nitrogens is 1. The minimum absolute atomic E-state index is 0.00841. The predicted molar refractivity (Wildman–Crippen MR) is 105 cm³/mol. The molecule has 0 aliphatic rings. The van der Waals surface area contributed by atoms with Crippen LogP contribution in [0, 0.1) is 5.41 Å². The summed E-state index contributed by atoms with van der Waals surface area (Å²) < 4.78 is 8.78. The Labute approximate surface area is 157 Å². The van der Waals surface area contributed by atoms with Crippen LogP contribution in [0.15, 0.2) is 27.5 Å². The standard InChI is InChI=1S/C19H25BrClNO2/c1-5-6-9-24-17-15-10-13(20)7-8-14(15)18(23)22(16(17)11-21)12-19(2,3)4/h7-8,10H,5-6,9,11-12H2,1-4H3. The first-order valence-electron chi connectivity index (χ1n) is 8.32. The number of hydrogen-bond acceptors (Lipinski definition) is 2. The smallest absolute Gasteiger partial charge is 0.258 e. The predicted octanol–water partition coefficient (Wildman–Crippen LogP) is 5.73. The number of unbranched alkanes of at least 4 members (excludes halogenated alkanes) is 1. The second kappa shape index (κ2) is 7.92. The van der Waals surface area contributed by atoms with Gasteiger partial charge in [0.05, 0.1) is 23.6 Å². The maximum Gasteiger partial charge on any atom is 0.258 e. The molecule has 0 saturated carbocycles. The van der Waals surface area contributed by atoms with Crippen LogP contribution in [0.5, 0.6) is 5.75 Å². The quantitative estimate of drug-likeness (QED) is 0.446. The Morgan fingerprint density at radius 3 is 2.54 bits per heavy atom. The van der Waals surface area contributed by atoms with Gasteiger partial charge in [0.25, 0.3) is 5.56 Å². The van der Waals surface area contributed by atoms with E-state index in [9.17, 15) is 4.79 Å². The normalized spacial score (nSPS) is 11.9. The largest absolute Gasteiger partial charge is 0.491 e. The number of pyridine rings is 1. The lowest BCUT2D eigenvalue weighted by Crippen LogP contribution is -2.30.